The summed E-state index contributed by atoms with van der Waals surface area (Å²) in [4.78, 5) is 12.3. The fraction of sp³-hybridized carbons (Fsp3) is 0.381. The Labute approximate surface area is 152 Å². The fourth-order valence-corrected chi connectivity index (χ4v) is 4.18. The van der Waals surface area contributed by atoms with E-state index in [0.717, 1.165) is 12.8 Å². The molecule has 2 heterocycles. The number of carbonyl (C=O) groups is 1. The van der Waals surface area contributed by atoms with Gasteiger partial charge < -0.3 is 15.4 Å². The molecule has 2 aromatic carbocycles. The maximum absolute atomic E-state index is 14.3. The van der Waals surface area contributed by atoms with Crippen molar-refractivity contribution in [3.63, 3.8) is 0 Å². The molecule has 2 atom stereocenters. The summed E-state index contributed by atoms with van der Waals surface area (Å²) < 4.78 is 19.8. The van der Waals surface area contributed by atoms with E-state index in [0.29, 0.717) is 35.7 Å². The van der Waals surface area contributed by atoms with Crippen molar-refractivity contribution in [3.8, 4) is 16.9 Å². The topological polar surface area (TPSA) is 50.4 Å². The van der Waals surface area contributed by atoms with Crippen molar-refractivity contribution >= 4 is 6.09 Å². The van der Waals surface area contributed by atoms with Crippen LogP contribution in [0.5, 0.6) is 5.75 Å². The summed E-state index contributed by atoms with van der Waals surface area (Å²) >= 11 is 0. The van der Waals surface area contributed by atoms with Crippen LogP contribution in [-0.2, 0) is 0 Å². The van der Waals surface area contributed by atoms with Crippen LogP contribution >= 0.6 is 0 Å². The van der Waals surface area contributed by atoms with Gasteiger partial charge in [0.2, 0.25) is 0 Å². The molecule has 26 heavy (non-hydrogen) atoms. The number of rotatable bonds is 4. The van der Waals surface area contributed by atoms with E-state index in [1.165, 1.54) is 18.9 Å². The molecule has 2 aliphatic heterocycles. The SMILES string of the molecule is O=C(NCC1CC2CCC(C1)N2)Oc1cccc(F)c1-c1ccccc1. The highest BCUT2D eigenvalue weighted by Gasteiger charge is 2.33. The third-order valence-corrected chi connectivity index (χ3v) is 5.35. The Bertz CT molecular complexity index is 769. The minimum absolute atomic E-state index is 0.235. The fourth-order valence-electron chi connectivity index (χ4n) is 4.18. The molecule has 0 saturated carbocycles. The van der Waals surface area contributed by atoms with Crippen LogP contribution in [0.25, 0.3) is 11.1 Å². The first-order valence-corrected chi connectivity index (χ1v) is 9.24. The Balaban J connectivity index is 1.41. The third kappa shape index (κ3) is 3.73. The van der Waals surface area contributed by atoms with Crippen LogP contribution in [0.4, 0.5) is 9.18 Å². The Morgan fingerprint density at radius 1 is 1.08 bits per heavy atom. The molecule has 1 amide bonds. The maximum Gasteiger partial charge on any atom is 0.412 e. The second kappa shape index (κ2) is 7.46. The number of hydrogen-bond donors (Lipinski definition) is 2. The van der Waals surface area contributed by atoms with E-state index in [4.69, 9.17) is 4.74 Å². The Morgan fingerprint density at radius 2 is 1.81 bits per heavy atom. The number of amides is 1. The lowest BCUT2D eigenvalue weighted by molar-refractivity contribution is 0.194. The summed E-state index contributed by atoms with van der Waals surface area (Å²) in [5.41, 5.74) is 0.992. The van der Waals surface area contributed by atoms with Gasteiger partial charge in [-0.3, -0.25) is 0 Å². The lowest BCUT2D eigenvalue weighted by atomic mass is 9.92. The van der Waals surface area contributed by atoms with Gasteiger partial charge in [-0.25, -0.2) is 9.18 Å². The summed E-state index contributed by atoms with van der Waals surface area (Å²) in [6, 6.07) is 14.8. The van der Waals surface area contributed by atoms with Crippen LogP contribution in [0.3, 0.4) is 0 Å². The zero-order valence-corrected chi connectivity index (χ0v) is 14.6. The number of carbonyl (C=O) groups excluding carboxylic acids is 1. The molecule has 2 N–H and O–H groups in total. The zero-order valence-electron chi connectivity index (χ0n) is 14.6. The summed E-state index contributed by atoms with van der Waals surface area (Å²) in [5, 5.41) is 6.45. The minimum Gasteiger partial charge on any atom is -0.410 e. The molecule has 0 aromatic heterocycles. The monoisotopic (exact) mass is 354 g/mol. The molecule has 2 aromatic rings. The van der Waals surface area contributed by atoms with Gasteiger partial charge in [0, 0.05) is 18.6 Å². The van der Waals surface area contributed by atoms with Crippen LogP contribution in [0, 0.1) is 11.7 Å². The lowest BCUT2D eigenvalue weighted by Gasteiger charge is -2.29. The van der Waals surface area contributed by atoms with Gasteiger partial charge >= 0.3 is 6.09 Å². The largest absolute Gasteiger partial charge is 0.412 e. The summed E-state index contributed by atoms with van der Waals surface area (Å²) in [6.07, 6.45) is 4.11. The number of benzene rings is 2. The molecule has 2 bridgehead atoms. The number of piperidine rings is 1. The molecule has 2 unspecified atom stereocenters. The van der Waals surface area contributed by atoms with Gasteiger partial charge in [0.25, 0.3) is 0 Å². The molecule has 4 rings (SSSR count). The van der Waals surface area contributed by atoms with Gasteiger partial charge in [-0.2, -0.15) is 0 Å². The summed E-state index contributed by atoms with van der Waals surface area (Å²) in [5.74, 6) is 0.304. The van der Waals surface area contributed by atoms with Gasteiger partial charge in [0.1, 0.15) is 11.6 Å². The Hall–Kier alpha value is -2.40. The molecule has 2 fully saturated rings. The van der Waals surface area contributed by atoms with E-state index in [1.807, 2.05) is 18.2 Å². The first kappa shape index (κ1) is 17.0. The van der Waals surface area contributed by atoms with Gasteiger partial charge in [-0.15, -0.1) is 0 Å². The number of nitrogens with one attached hydrogen (secondary N) is 2. The highest BCUT2D eigenvalue weighted by Crippen LogP contribution is 2.33. The van der Waals surface area contributed by atoms with E-state index in [2.05, 4.69) is 10.6 Å². The van der Waals surface area contributed by atoms with Crippen molar-refractivity contribution in [2.45, 2.75) is 37.8 Å². The van der Waals surface area contributed by atoms with Crippen molar-refractivity contribution in [1.29, 1.82) is 0 Å². The van der Waals surface area contributed by atoms with Crippen LogP contribution < -0.4 is 15.4 Å². The number of hydrogen-bond acceptors (Lipinski definition) is 3. The van der Waals surface area contributed by atoms with E-state index in [-0.39, 0.29) is 5.75 Å². The number of halogens is 1. The summed E-state index contributed by atoms with van der Waals surface area (Å²) in [7, 11) is 0. The molecule has 2 saturated heterocycles. The van der Waals surface area contributed by atoms with E-state index in [1.54, 1.807) is 24.3 Å². The molecular formula is C21H23FN2O2. The average Bonchev–Trinajstić information content (AvgIpc) is 2.99. The zero-order chi connectivity index (χ0) is 17.9. The molecule has 0 spiro atoms. The predicted octanol–water partition coefficient (Wildman–Crippen LogP) is 4.11. The third-order valence-electron chi connectivity index (χ3n) is 5.35. The molecule has 2 aliphatic rings. The van der Waals surface area contributed by atoms with Crippen molar-refractivity contribution in [2.24, 2.45) is 5.92 Å². The van der Waals surface area contributed by atoms with Crippen molar-refractivity contribution in [3.05, 3.63) is 54.3 Å². The molecule has 0 aliphatic carbocycles. The normalized spacial score (nSPS) is 24.3. The molecule has 4 nitrogen and oxygen atoms in total. The Morgan fingerprint density at radius 3 is 2.54 bits per heavy atom. The quantitative estimate of drug-likeness (QED) is 0.869. The van der Waals surface area contributed by atoms with Gasteiger partial charge in [-0.1, -0.05) is 36.4 Å². The Kier molecular flexibility index (Phi) is 4.89. The second-order valence-electron chi connectivity index (χ2n) is 7.22. The minimum atomic E-state index is -0.529. The standard InChI is InChI=1S/C21H23FN2O2/c22-18-7-4-8-19(20(18)15-5-2-1-3-6-15)26-21(25)23-13-14-11-16-9-10-17(12-14)24-16/h1-8,14,16-17,24H,9-13H2,(H,23,25). The first-order valence-electron chi connectivity index (χ1n) is 9.24. The lowest BCUT2D eigenvalue weighted by Crippen LogP contribution is -2.42. The smallest absolute Gasteiger partial charge is 0.410 e. The highest BCUT2D eigenvalue weighted by molar-refractivity contribution is 5.77. The van der Waals surface area contributed by atoms with Crippen LogP contribution in [0.1, 0.15) is 25.7 Å². The van der Waals surface area contributed by atoms with E-state index in [9.17, 15) is 9.18 Å². The molecule has 5 heteroatoms. The maximum atomic E-state index is 14.3. The first-order chi connectivity index (χ1) is 12.7. The van der Waals surface area contributed by atoms with Crippen LogP contribution in [-0.4, -0.2) is 24.7 Å². The average molecular weight is 354 g/mol. The van der Waals surface area contributed by atoms with Gasteiger partial charge in [-0.05, 0) is 49.3 Å². The van der Waals surface area contributed by atoms with Gasteiger partial charge in [0.15, 0.2) is 0 Å². The number of fused-ring (bicyclic) bond motifs is 2. The van der Waals surface area contributed by atoms with E-state index < -0.39 is 11.9 Å². The van der Waals surface area contributed by atoms with Crippen molar-refractivity contribution < 1.29 is 13.9 Å². The van der Waals surface area contributed by atoms with E-state index >= 15 is 0 Å². The molecule has 0 radical (unpaired) electrons. The van der Waals surface area contributed by atoms with Crippen molar-refractivity contribution in [1.82, 2.24) is 10.6 Å². The van der Waals surface area contributed by atoms with Crippen LogP contribution in [0.2, 0.25) is 0 Å². The summed E-state index contributed by atoms with van der Waals surface area (Å²) in [6.45, 7) is 0.601. The van der Waals surface area contributed by atoms with Gasteiger partial charge in [0.05, 0.1) is 5.56 Å². The molecular weight excluding hydrogens is 331 g/mol. The van der Waals surface area contributed by atoms with Crippen molar-refractivity contribution in [2.75, 3.05) is 6.54 Å². The second-order valence-corrected chi connectivity index (χ2v) is 7.22. The predicted molar refractivity (Wildman–Crippen MR) is 98.5 cm³/mol. The molecule has 136 valence electrons. The van der Waals surface area contributed by atoms with Crippen LogP contribution in [0.15, 0.2) is 48.5 Å². The highest BCUT2D eigenvalue weighted by atomic mass is 19.1. The number of ether oxygens (including phenoxy) is 1.